The van der Waals surface area contributed by atoms with Gasteiger partial charge >= 0.3 is 5.97 Å². The highest BCUT2D eigenvalue weighted by Gasteiger charge is 2.69. The summed E-state index contributed by atoms with van der Waals surface area (Å²) in [6, 6.07) is 0. The largest absolute Gasteiger partial charge is 0.435 e. The fourth-order valence-electron chi connectivity index (χ4n) is 6.71. The van der Waals surface area contributed by atoms with Gasteiger partial charge in [0.05, 0.1) is 6.42 Å². The lowest BCUT2D eigenvalue weighted by Gasteiger charge is -2.59. The van der Waals surface area contributed by atoms with E-state index < -0.39 is 29.9 Å². The monoisotopic (exact) mass is 451 g/mol. The fourth-order valence-corrected chi connectivity index (χ4v) is 6.71. The van der Waals surface area contributed by atoms with Crippen molar-refractivity contribution in [2.75, 3.05) is 13.1 Å². The minimum Gasteiger partial charge on any atom is -0.435 e. The molecule has 5 aliphatic heterocycles. The van der Waals surface area contributed by atoms with Gasteiger partial charge in [0.15, 0.2) is 11.9 Å². The highest BCUT2D eigenvalue weighted by Crippen LogP contribution is 2.60. The van der Waals surface area contributed by atoms with Gasteiger partial charge in [-0.2, -0.15) is 0 Å². The van der Waals surface area contributed by atoms with Gasteiger partial charge in [0.2, 0.25) is 18.0 Å². The molecule has 0 aromatic heterocycles. The number of nitrogens with zero attached hydrogens (tertiary/aromatic N) is 1. The molecular weight excluding hydrogens is 414 g/mol. The van der Waals surface area contributed by atoms with E-state index in [-0.39, 0.29) is 36.5 Å². The summed E-state index contributed by atoms with van der Waals surface area (Å²) in [7, 11) is 0. The van der Waals surface area contributed by atoms with Crippen LogP contribution >= 0.6 is 0 Å². The van der Waals surface area contributed by atoms with E-state index in [9.17, 15) is 9.59 Å². The number of esters is 1. The quantitative estimate of drug-likeness (QED) is 0.478. The highest BCUT2D eigenvalue weighted by atomic mass is 17.3. The number of ether oxygens (including phenoxy) is 3. The van der Waals surface area contributed by atoms with Crippen molar-refractivity contribution in [2.24, 2.45) is 23.7 Å². The molecule has 0 radical (unpaired) electrons. The van der Waals surface area contributed by atoms with Gasteiger partial charge in [0.1, 0.15) is 0 Å². The molecule has 8 atom stereocenters. The number of piperidine rings is 1. The first-order chi connectivity index (χ1) is 15.3. The maximum absolute atomic E-state index is 12.6. The molecule has 180 valence electrons. The molecule has 1 aliphatic carbocycles. The first-order valence-corrected chi connectivity index (χ1v) is 12.5. The molecule has 8 nitrogen and oxygen atoms in total. The Morgan fingerprint density at radius 3 is 2.56 bits per heavy atom. The van der Waals surface area contributed by atoms with Crippen molar-refractivity contribution < 1.29 is 33.6 Å². The zero-order valence-electron chi connectivity index (χ0n) is 19.5. The molecule has 8 heteroatoms. The molecule has 0 aromatic carbocycles. The van der Waals surface area contributed by atoms with Gasteiger partial charge in [-0.05, 0) is 57.3 Å². The zero-order valence-corrected chi connectivity index (χ0v) is 19.5. The maximum Gasteiger partial charge on any atom is 0.308 e. The van der Waals surface area contributed by atoms with Crippen molar-refractivity contribution in [3.8, 4) is 0 Å². The van der Waals surface area contributed by atoms with E-state index in [1.807, 2.05) is 11.8 Å². The number of hydrogen-bond donors (Lipinski definition) is 0. The van der Waals surface area contributed by atoms with Gasteiger partial charge < -0.3 is 19.1 Å². The average molecular weight is 452 g/mol. The first-order valence-electron chi connectivity index (χ1n) is 12.5. The maximum atomic E-state index is 12.6. The van der Waals surface area contributed by atoms with Crippen LogP contribution < -0.4 is 0 Å². The number of carbonyl (C=O) groups is 2. The Balaban J connectivity index is 1.26. The normalized spacial score (nSPS) is 45.7. The van der Waals surface area contributed by atoms with E-state index >= 15 is 0 Å². The second-order valence-electron chi connectivity index (χ2n) is 10.7. The van der Waals surface area contributed by atoms with E-state index in [0.717, 1.165) is 51.6 Å². The smallest absolute Gasteiger partial charge is 0.308 e. The van der Waals surface area contributed by atoms with Gasteiger partial charge in [-0.15, -0.1) is 0 Å². The Bertz CT molecular complexity index is 740. The predicted octanol–water partition coefficient (Wildman–Crippen LogP) is 3.53. The lowest BCUT2D eigenvalue weighted by atomic mass is 9.58. The van der Waals surface area contributed by atoms with Gasteiger partial charge in [-0.1, -0.05) is 13.8 Å². The molecular formula is C24H37NO7. The van der Waals surface area contributed by atoms with Crippen molar-refractivity contribution in [2.45, 2.75) is 103 Å². The van der Waals surface area contributed by atoms with Crippen LogP contribution in [0.25, 0.3) is 0 Å². The Labute approximate surface area is 190 Å². The Morgan fingerprint density at radius 1 is 1.00 bits per heavy atom. The van der Waals surface area contributed by atoms with Crippen LogP contribution in [-0.2, 0) is 33.6 Å². The first kappa shape index (κ1) is 22.6. The number of carbonyl (C=O) groups excluding carboxylic acids is 2. The van der Waals surface area contributed by atoms with E-state index in [0.29, 0.717) is 5.92 Å². The summed E-state index contributed by atoms with van der Waals surface area (Å²) in [5.41, 5.74) is -0.666. The third kappa shape index (κ3) is 3.77. The van der Waals surface area contributed by atoms with Crippen molar-refractivity contribution in [1.29, 1.82) is 0 Å². The van der Waals surface area contributed by atoms with Crippen LogP contribution in [0.1, 0.15) is 78.6 Å². The highest BCUT2D eigenvalue weighted by molar-refractivity contribution is 5.81. The molecule has 2 bridgehead atoms. The van der Waals surface area contributed by atoms with Gasteiger partial charge in [0, 0.05) is 37.8 Å². The number of amides is 1. The zero-order chi connectivity index (χ0) is 22.5. The summed E-state index contributed by atoms with van der Waals surface area (Å²) in [5.74, 6) is -0.409. The summed E-state index contributed by atoms with van der Waals surface area (Å²) >= 11 is 0. The summed E-state index contributed by atoms with van der Waals surface area (Å²) in [5, 5.41) is 0. The Morgan fingerprint density at radius 2 is 1.78 bits per heavy atom. The SMILES string of the molecule is C[C@H]1[C@H](OC(=O)CCC(=O)N2CCCCC2)O[C@@H]2O[C@@]3(C)CC[C@H]4[C@H](C)CC[C@@H]1[C@@]24OO3. The number of likely N-dealkylation sites (tertiary alicyclic amines) is 1. The van der Waals surface area contributed by atoms with E-state index in [1.165, 1.54) is 6.42 Å². The number of rotatable bonds is 4. The van der Waals surface area contributed by atoms with E-state index in [2.05, 4.69) is 13.8 Å². The van der Waals surface area contributed by atoms with Crippen molar-refractivity contribution in [1.82, 2.24) is 4.90 Å². The third-order valence-corrected chi connectivity index (χ3v) is 8.60. The molecule has 5 heterocycles. The van der Waals surface area contributed by atoms with Crippen molar-refractivity contribution in [3.63, 3.8) is 0 Å². The second kappa shape index (κ2) is 8.53. The third-order valence-electron chi connectivity index (χ3n) is 8.60. The second-order valence-corrected chi connectivity index (χ2v) is 10.7. The molecule has 6 fully saturated rings. The Hall–Kier alpha value is -1.22. The lowest BCUT2D eigenvalue weighted by Crippen LogP contribution is -2.70. The Kier molecular flexibility index (Phi) is 6.01. The van der Waals surface area contributed by atoms with Gasteiger partial charge in [-0.25, -0.2) is 9.78 Å². The van der Waals surface area contributed by atoms with Crippen LogP contribution in [0.4, 0.5) is 0 Å². The topological polar surface area (TPSA) is 83.5 Å². The predicted molar refractivity (Wildman–Crippen MR) is 113 cm³/mol. The van der Waals surface area contributed by atoms with Gasteiger partial charge in [-0.3, -0.25) is 9.59 Å². The average Bonchev–Trinajstić information content (AvgIpc) is 3.02. The van der Waals surface area contributed by atoms with Crippen LogP contribution in [0.15, 0.2) is 0 Å². The summed E-state index contributed by atoms with van der Waals surface area (Å²) in [6.07, 6.45) is 5.90. The molecule has 32 heavy (non-hydrogen) atoms. The molecule has 0 aromatic rings. The number of hydrogen-bond acceptors (Lipinski definition) is 7. The van der Waals surface area contributed by atoms with Crippen LogP contribution in [-0.4, -0.2) is 53.8 Å². The van der Waals surface area contributed by atoms with Crippen LogP contribution in [0.5, 0.6) is 0 Å². The molecule has 1 amide bonds. The summed E-state index contributed by atoms with van der Waals surface area (Å²) < 4.78 is 18.4. The fraction of sp³-hybridized carbons (Fsp3) is 0.917. The van der Waals surface area contributed by atoms with Crippen molar-refractivity contribution in [3.05, 3.63) is 0 Å². The molecule has 6 rings (SSSR count). The van der Waals surface area contributed by atoms with E-state index in [4.69, 9.17) is 24.0 Å². The number of fused-ring (bicyclic) bond motifs is 2. The van der Waals surface area contributed by atoms with Crippen LogP contribution in [0.2, 0.25) is 0 Å². The standard InChI is InChI=1S/C24H37NO7/c1-15-7-8-18-16(2)21(28-20(27)10-9-19(26)25-13-5-4-6-14-25)29-22-24(18)17(15)11-12-23(3,30-22)31-32-24/h15-18,21-22H,4-14H2,1-3H3/t15-,16-,17+,18+,21-,22-,23-,24-/m1/s1. The van der Waals surface area contributed by atoms with Crippen molar-refractivity contribution >= 4 is 11.9 Å². The lowest BCUT2D eigenvalue weighted by molar-refractivity contribution is -0.576. The molecule has 0 N–H and O–H groups in total. The van der Waals surface area contributed by atoms with E-state index in [1.54, 1.807) is 0 Å². The minimum absolute atomic E-state index is 0.0326. The summed E-state index contributed by atoms with van der Waals surface area (Å²) in [4.78, 5) is 38.9. The molecule has 5 saturated heterocycles. The van der Waals surface area contributed by atoms with Gasteiger partial charge in [0.25, 0.3) is 0 Å². The molecule has 6 aliphatic rings. The minimum atomic E-state index is -0.854. The van der Waals surface area contributed by atoms with Crippen LogP contribution in [0.3, 0.4) is 0 Å². The summed E-state index contributed by atoms with van der Waals surface area (Å²) in [6.45, 7) is 7.79. The molecule has 1 spiro atoms. The van der Waals surface area contributed by atoms with Crippen LogP contribution in [0, 0.1) is 23.7 Å². The molecule has 1 saturated carbocycles. The molecule has 0 unspecified atom stereocenters.